The maximum Gasteiger partial charge on any atom is 0.0977 e. The van der Waals surface area contributed by atoms with Crippen LogP contribution in [0, 0.1) is 35.5 Å². The molecular formula is C38H52Cl2O2. The third-order valence-corrected chi connectivity index (χ3v) is 9.47. The van der Waals surface area contributed by atoms with Gasteiger partial charge < -0.3 is 10.2 Å². The van der Waals surface area contributed by atoms with E-state index < -0.39 is 12.2 Å². The molecule has 3 rings (SSSR count). The van der Waals surface area contributed by atoms with Gasteiger partial charge in [0.2, 0.25) is 0 Å². The lowest BCUT2D eigenvalue weighted by molar-refractivity contribution is 0.191. The monoisotopic (exact) mass is 610 g/mol. The lowest BCUT2D eigenvalue weighted by Crippen LogP contribution is -2.31. The standard InChI is InChI=1S/C38H52Cl2O2/c1-21-25(15-23-17-27(35(3,4)5)33(41)28(18-23)36(6,7)8)32(40)22(2)26(31(21)39)16-24-19-29(37(9,10)11)34(42)30(20-24)38(12,13)14/h15-20,33-34,41-42H,1-14H3. The fraction of sp³-hybridized carbons (Fsp3) is 0.526. The molecule has 0 fully saturated rings. The molecule has 0 saturated heterocycles. The van der Waals surface area contributed by atoms with E-state index in [9.17, 15) is 10.2 Å². The van der Waals surface area contributed by atoms with E-state index in [1.54, 1.807) is 0 Å². The third kappa shape index (κ3) is 7.10. The van der Waals surface area contributed by atoms with E-state index in [2.05, 4.69) is 120 Å². The molecule has 0 aromatic heterocycles. The van der Waals surface area contributed by atoms with E-state index in [1.165, 1.54) is 0 Å². The van der Waals surface area contributed by atoms with Crippen molar-refractivity contribution in [3.8, 4) is 0 Å². The molecule has 4 heteroatoms. The molecule has 2 aliphatic carbocycles. The van der Waals surface area contributed by atoms with E-state index in [0.29, 0.717) is 10.0 Å². The Morgan fingerprint density at radius 1 is 0.500 bits per heavy atom. The summed E-state index contributed by atoms with van der Waals surface area (Å²) in [5.74, 6) is 0. The Balaban J connectivity index is 2.26. The second kappa shape index (κ2) is 11.6. The number of aliphatic hydroxyl groups is 2. The molecule has 2 nitrogen and oxygen atoms in total. The topological polar surface area (TPSA) is 40.5 Å². The van der Waals surface area contributed by atoms with Crippen molar-refractivity contribution in [3.63, 3.8) is 0 Å². The van der Waals surface area contributed by atoms with Crippen LogP contribution < -0.4 is 0 Å². The molecule has 0 aliphatic heterocycles. The molecular weight excluding hydrogens is 559 g/mol. The van der Waals surface area contributed by atoms with Crippen molar-refractivity contribution in [1.29, 1.82) is 0 Å². The van der Waals surface area contributed by atoms with Crippen molar-refractivity contribution in [2.75, 3.05) is 0 Å². The number of halogens is 2. The highest BCUT2D eigenvalue weighted by Crippen LogP contribution is 2.45. The van der Waals surface area contributed by atoms with Gasteiger partial charge in [-0.05, 0) is 103 Å². The Morgan fingerprint density at radius 3 is 0.905 bits per heavy atom. The van der Waals surface area contributed by atoms with Crippen LogP contribution >= 0.6 is 23.2 Å². The molecule has 1 aromatic carbocycles. The van der Waals surface area contributed by atoms with Crippen LogP contribution in [0.1, 0.15) is 105 Å². The zero-order valence-electron chi connectivity index (χ0n) is 28.3. The molecule has 0 bridgehead atoms. The molecule has 0 spiro atoms. The third-order valence-electron chi connectivity index (χ3n) is 8.49. The van der Waals surface area contributed by atoms with Crippen LogP contribution in [0.3, 0.4) is 0 Å². The van der Waals surface area contributed by atoms with E-state index in [-0.39, 0.29) is 21.7 Å². The van der Waals surface area contributed by atoms with Gasteiger partial charge in [-0.3, -0.25) is 0 Å². The number of aliphatic hydroxyl groups excluding tert-OH is 2. The number of allylic oxidation sites excluding steroid dienone is 6. The van der Waals surface area contributed by atoms with Gasteiger partial charge in [-0.1, -0.05) is 131 Å². The highest BCUT2D eigenvalue weighted by atomic mass is 35.5. The molecule has 0 atom stereocenters. The van der Waals surface area contributed by atoms with Gasteiger partial charge in [-0.25, -0.2) is 0 Å². The number of hydrogen-bond acceptors (Lipinski definition) is 2. The molecule has 2 N–H and O–H groups in total. The molecule has 2 aliphatic rings. The fourth-order valence-electron chi connectivity index (χ4n) is 5.77. The van der Waals surface area contributed by atoms with Gasteiger partial charge in [0.25, 0.3) is 0 Å². The largest absolute Gasteiger partial charge is 0.384 e. The van der Waals surface area contributed by atoms with Crippen LogP contribution in [0.25, 0.3) is 12.2 Å². The first kappa shape index (κ1) is 34.6. The predicted molar refractivity (Wildman–Crippen MR) is 184 cm³/mol. The zero-order valence-corrected chi connectivity index (χ0v) is 29.8. The first-order chi connectivity index (χ1) is 18.9. The van der Waals surface area contributed by atoms with Gasteiger partial charge in [0, 0.05) is 0 Å². The summed E-state index contributed by atoms with van der Waals surface area (Å²) in [7, 11) is 0. The minimum Gasteiger partial charge on any atom is -0.384 e. The van der Waals surface area contributed by atoms with Crippen LogP contribution in [0.4, 0.5) is 0 Å². The second-order valence-corrected chi connectivity index (χ2v) is 17.0. The lowest BCUT2D eigenvalue weighted by Gasteiger charge is -2.37. The summed E-state index contributed by atoms with van der Waals surface area (Å²) in [4.78, 5) is 0. The SMILES string of the molecule is Cc1c(Cl)c(C=C2C=C(C(C)(C)C)C(O)C(C(C)(C)C)=C2)c(C)c(Cl)c1C=C1C=C(C(C)(C)C)C(O)C(C(C)(C)C)=C1. The maximum atomic E-state index is 11.3. The highest BCUT2D eigenvalue weighted by molar-refractivity contribution is 6.37. The zero-order chi connectivity index (χ0) is 32.3. The fourth-order valence-corrected chi connectivity index (χ4v) is 6.37. The Labute approximate surface area is 265 Å². The van der Waals surface area contributed by atoms with E-state index in [0.717, 1.165) is 55.7 Å². The van der Waals surface area contributed by atoms with Gasteiger partial charge in [0.15, 0.2) is 0 Å². The summed E-state index contributed by atoms with van der Waals surface area (Å²) in [6.45, 7) is 29.6. The highest BCUT2D eigenvalue weighted by Gasteiger charge is 2.35. The van der Waals surface area contributed by atoms with Gasteiger partial charge in [-0.2, -0.15) is 0 Å². The van der Waals surface area contributed by atoms with Gasteiger partial charge in [-0.15, -0.1) is 0 Å². The van der Waals surface area contributed by atoms with Gasteiger partial charge in [0.1, 0.15) is 0 Å². The van der Waals surface area contributed by atoms with E-state index >= 15 is 0 Å². The summed E-state index contributed by atoms with van der Waals surface area (Å²) in [5.41, 5.74) is 8.75. The van der Waals surface area contributed by atoms with Crippen molar-refractivity contribution in [3.05, 3.63) is 90.0 Å². The number of benzene rings is 1. The average Bonchev–Trinajstić information content (AvgIpc) is 2.82. The smallest absolute Gasteiger partial charge is 0.0977 e. The molecule has 42 heavy (non-hydrogen) atoms. The molecule has 0 radical (unpaired) electrons. The summed E-state index contributed by atoms with van der Waals surface area (Å²) >= 11 is 14.3. The quantitative estimate of drug-likeness (QED) is 0.349. The van der Waals surface area contributed by atoms with Gasteiger partial charge in [0.05, 0.1) is 22.3 Å². The Bertz CT molecular complexity index is 1240. The van der Waals surface area contributed by atoms with Crippen molar-refractivity contribution in [2.24, 2.45) is 21.7 Å². The van der Waals surface area contributed by atoms with Crippen LogP contribution in [-0.4, -0.2) is 22.4 Å². The summed E-state index contributed by atoms with van der Waals surface area (Å²) in [6.07, 6.45) is 11.3. The van der Waals surface area contributed by atoms with E-state index in [4.69, 9.17) is 23.2 Å². The Kier molecular flexibility index (Phi) is 9.56. The van der Waals surface area contributed by atoms with Crippen LogP contribution in [0.2, 0.25) is 10.0 Å². The Hall–Kier alpha value is -1.84. The average molecular weight is 612 g/mol. The van der Waals surface area contributed by atoms with Crippen LogP contribution in [-0.2, 0) is 0 Å². The van der Waals surface area contributed by atoms with Gasteiger partial charge >= 0.3 is 0 Å². The lowest BCUT2D eigenvalue weighted by atomic mass is 9.70. The molecule has 0 unspecified atom stereocenters. The van der Waals surface area contributed by atoms with Crippen LogP contribution in [0.15, 0.2) is 57.7 Å². The summed E-state index contributed by atoms with van der Waals surface area (Å²) in [6, 6.07) is 0. The van der Waals surface area contributed by atoms with Crippen molar-refractivity contribution >= 4 is 35.4 Å². The first-order valence-electron chi connectivity index (χ1n) is 15.0. The minimum atomic E-state index is -0.621. The minimum absolute atomic E-state index is 0.196. The molecule has 1 aromatic rings. The normalized spacial score (nSPS) is 20.6. The van der Waals surface area contributed by atoms with Crippen molar-refractivity contribution in [1.82, 2.24) is 0 Å². The molecule has 0 heterocycles. The van der Waals surface area contributed by atoms with Crippen molar-refractivity contribution in [2.45, 2.75) is 109 Å². The van der Waals surface area contributed by atoms with Crippen LogP contribution in [0.5, 0.6) is 0 Å². The molecule has 0 amide bonds. The summed E-state index contributed by atoms with van der Waals surface area (Å²) in [5, 5.41) is 23.9. The predicted octanol–water partition coefficient (Wildman–Crippen LogP) is 11.0. The first-order valence-corrected chi connectivity index (χ1v) is 15.8. The van der Waals surface area contributed by atoms with Crippen molar-refractivity contribution < 1.29 is 10.2 Å². The molecule has 0 saturated carbocycles. The molecule has 230 valence electrons. The second-order valence-electron chi connectivity index (χ2n) is 16.2. The van der Waals surface area contributed by atoms with E-state index in [1.807, 2.05) is 13.8 Å². The maximum absolute atomic E-state index is 11.3. The number of hydrogen-bond donors (Lipinski definition) is 2. The number of rotatable bonds is 2. The Morgan fingerprint density at radius 2 is 0.714 bits per heavy atom. The summed E-state index contributed by atoms with van der Waals surface area (Å²) < 4.78 is 0.